The van der Waals surface area contributed by atoms with Gasteiger partial charge in [-0.15, -0.1) is 11.3 Å². The maximum absolute atomic E-state index is 12.6. The third-order valence-electron chi connectivity index (χ3n) is 6.17. The standard InChI is InChI=1S/C28H30N8O3S/c1-18-12-23(40-24(18)27(37)34(2)3)33-25-26-30-14-22(20-13-31-35(4)15-20)36(26)16-21(32-25)10-11-29-28(38)39-17-19-8-6-5-7-9-19/h5-9,12-16H,10-11,17H2,1-4H3,(H,29,38)(H,32,33). The highest BCUT2D eigenvalue weighted by molar-refractivity contribution is 7.18. The van der Waals surface area contributed by atoms with Crippen molar-refractivity contribution in [2.24, 2.45) is 7.05 Å². The highest BCUT2D eigenvalue weighted by atomic mass is 32.1. The Labute approximate surface area is 235 Å². The molecule has 0 aliphatic carbocycles. The van der Waals surface area contributed by atoms with Crippen molar-refractivity contribution in [1.82, 2.24) is 34.4 Å². The van der Waals surface area contributed by atoms with Crippen LogP contribution in [0.15, 0.2) is 61.2 Å². The number of carbonyl (C=O) groups excluding carboxylic acids is 2. The number of carbonyl (C=O) groups is 2. The van der Waals surface area contributed by atoms with Crippen molar-refractivity contribution in [1.29, 1.82) is 0 Å². The zero-order chi connectivity index (χ0) is 28.2. The highest BCUT2D eigenvalue weighted by Crippen LogP contribution is 2.32. The molecule has 0 fully saturated rings. The Morgan fingerprint density at radius 3 is 2.65 bits per heavy atom. The first-order valence-electron chi connectivity index (χ1n) is 12.7. The Hall–Kier alpha value is -4.71. The topological polar surface area (TPSA) is 119 Å². The fourth-order valence-electron chi connectivity index (χ4n) is 4.15. The molecule has 40 heavy (non-hydrogen) atoms. The zero-order valence-electron chi connectivity index (χ0n) is 22.7. The molecule has 0 atom stereocenters. The minimum atomic E-state index is -0.492. The van der Waals surface area contributed by atoms with Gasteiger partial charge in [0.15, 0.2) is 11.5 Å². The SMILES string of the molecule is Cc1cc(Nc2nc(CCNC(=O)OCc3ccccc3)cn3c(-c4cnn(C)c4)cnc23)sc1C(=O)N(C)C. The second-order valence-corrected chi connectivity index (χ2v) is 10.6. The van der Waals surface area contributed by atoms with E-state index in [4.69, 9.17) is 9.72 Å². The Balaban J connectivity index is 1.38. The highest BCUT2D eigenvalue weighted by Gasteiger charge is 2.18. The first-order valence-corrected chi connectivity index (χ1v) is 13.5. The first-order chi connectivity index (χ1) is 19.3. The van der Waals surface area contributed by atoms with Crippen LogP contribution in [0.1, 0.15) is 26.5 Å². The fourth-order valence-corrected chi connectivity index (χ4v) is 5.25. The van der Waals surface area contributed by atoms with Crippen molar-refractivity contribution in [3.05, 3.63) is 82.9 Å². The largest absolute Gasteiger partial charge is 0.445 e. The third kappa shape index (κ3) is 5.96. The Bertz CT molecular complexity index is 1650. The molecule has 4 heterocycles. The monoisotopic (exact) mass is 558 g/mol. The van der Waals surface area contributed by atoms with Gasteiger partial charge in [-0.3, -0.25) is 13.9 Å². The van der Waals surface area contributed by atoms with Gasteiger partial charge < -0.3 is 20.3 Å². The number of anilines is 2. The van der Waals surface area contributed by atoms with Crippen LogP contribution in [0, 0.1) is 6.92 Å². The van der Waals surface area contributed by atoms with Gasteiger partial charge in [0, 0.05) is 52.1 Å². The lowest BCUT2D eigenvalue weighted by molar-refractivity contribution is 0.0831. The van der Waals surface area contributed by atoms with Gasteiger partial charge in [-0.1, -0.05) is 30.3 Å². The fraction of sp³-hybridized carbons (Fsp3) is 0.250. The van der Waals surface area contributed by atoms with E-state index in [9.17, 15) is 9.59 Å². The molecule has 4 aromatic heterocycles. The van der Waals surface area contributed by atoms with E-state index in [0.29, 0.717) is 29.3 Å². The summed E-state index contributed by atoms with van der Waals surface area (Å²) in [7, 11) is 5.33. The van der Waals surface area contributed by atoms with Gasteiger partial charge in [0.2, 0.25) is 0 Å². The quantitative estimate of drug-likeness (QED) is 0.275. The Morgan fingerprint density at radius 1 is 1.12 bits per heavy atom. The van der Waals surface area contributed by atoms with Crippen LogP contribution < -0.4 is 10.6 Å². The van der Waals surface area contributed by atoms with E-state index in [2.05, 4.69) is 20.7 Å². The van der Waals surface area contributed by atoms with Crippen molar-refractivity contribution in [3.63, 3.8) is 0 Å². The maximum atomic E-state index is 12.6. The van der Waals surface area contributed by atoms with E-state index in [-0.39, 0.29) is 12.5 Å². The van der Waals surface area contributed by atoms with Crippen LogP contribution in [0.3, 0.4) is 0 Å². The van der Waals surface area contributed by atoms with Crippen LogP contribution >= 0.6 is 11.3 Å². The Kier molecular flexibility index (Phi) is 7.78. The number of thiophene rings is 1. The molecule has 2 amide bonds. The molecule has 5 rings (SSSR count). The molecule has 206 valence electrons. The molecular weight excluding hydrogens is 528 g/mol. The summed E-state index contributed by atoms with van der Waals surface area (Å²) < 4.78 is 9.01. The lowest BCUT2D eigenvalue weighted by atomic mass is 10.2. The number of hydrogen-bond donors (Lipinski definition) is 2. The molecule has 0 unspecified atom stereocenters. The smallest absolute Gasteiger partial charge is 0.407 e. The van der Waals surface area contributed by atoms with Gasteiger partial charge in [-0.05, 0) is 24.1 Å². The molecule has 1 aromatic carbocycles. The van der Waals surface area contributed by atoms with Crippen LogP contribution in [0.2, 0.25) is 0 Å². The molecule has 0 spiro atoms. The summed E-state index contributed by atoms with van der Waals surface area (Å²) in [5.41, 5.74) is 4.94. The summed E-state index contributed by atoms with van der Waals surface area (Å²) in [5.74, 6) is 0.497. The molecule has 0 aliphatic rings. The van der Waals surface area contributed by atoms with Crippen molar-refractivity contribution < 1.29 is 14.3 Å². The minimum Gasteiger partial charge on any atom is -0.445 e. The van der Waals surface area contributed by atoms with Crippen LogP contribution in [-0.2, 0) is 24.8 Å². The number of hydrogen-bond acceptors (Lipinski definition) is 8. The molecule has 12 heteroatoms. The van der Waals surface area contributed by atoms with Gasteiger partial charge in [-0.25, -0.2) is 14.8 Å². The number of imidazole rings is 1. The van der Waals surface area contributed by atoms with Gasteiger partial charge in [0.1, 0.15) is 6.61 Å². The number of nitrogens with one attached hydrogen (secondary N) is 2. The molecule has 2 N–H and O–H groups in total. The third-order valence-corrected chi connectivity index (χ3v) is 7.31. The second-order valence-electron chi connectivity index (χ2n) is 9.51. The average Bonchev–Trinajstić information content (AvgIpc) is 3.65. The van der Waals surface area contributed by atoms with Crippen LogP contribution in [-0.4, -0.2) is 61.7 Å². The predicted octanol–water partition coefficient (Wildman–Crippen LogP) is 4.41. The summed E-state index contributed by atoms with van der Waals surface area (Å²) in [6.45, 7) is 2.45. The van der Waals surface area contributed by atoms with Crippen molar-refractivity contribution in [2.75, 3.05) is 26.0 Å². The number of rotatable bonds is 9. The number of aryl methyl sites for hydroxylation is 2. The summed E-state index contributed by atoms with van der Waals surface area (Å²) in [6, 6.07) is 11.5. The van der Waals surface area contributed by atoms with Gasteiger partial charge in [0.25, 0.3) is 5.91 Å². The average molecular weight is 559 g/mol. The van der Waals surface area contributed by atoms with E-state index in [0.717, 1.165) is 33.1 Å². The maximum Gasteiger partial charge on any atom is 0.407 e. The lowest BCUT2D eigenvalue weighted by Crippen LogP contribution is -2.26. The van der Waals surface area contributed by atoms with E-state index in [1.807, 2.05) is 67.2 Å². The minimum absolute atomic E-state index is 0.0488. The molecular formula is C28H30N8O3S. The molecule has 0 aliphatic heterocycles. The van der Waals surface area contributed by atoms with Crippen molar-refractivity contribution in [2.45, 2.75) is 20.0 Å². The van der Waals surface area contributed by atoms with Crippen LogP contribution in [0.4, 0.5) is 15.6 Å². The number of alkyl carbamates (subject to hydrolysis) is 1. The molecule has 5 aromatic rings. The van der Waals surface area contributed by atoms with Gasteiger partial charge in [-0.2, -0.15) is 5.10 Å². The summed E-state index contributed by atoms with van der Waals surface area (Å²) >= 11 is 1.37. The number of benzene rings is 1. The molecule has 0 bridgehead atoms. The number of aromatic nitrogens is 5. The molecule has 0 radical (unpaired) electrons. The predicted molar refractivity (Wildman–Crippen MR) is 154 cm³/mol. The van der Waals surface area contributed by atoms with E-state index in [1.54, 1.807) is 36.1 Å². The second kappa shape index (κ2) is 11.6. The van der Waals surface area contributed by atoms with E-state index < -0.39 is 6.09 Å². The van der Waals surface area contributed by atoms with Gasteiger partial charge in [0.05, 0.1) is 33.7 Å². The first kappa shape index (κ1) is 26.9. The van der Waals surface area contributed by atoms with E-state index in [1.165, 1.54) is 11.3 Å². The van der Waals surface area contributed by atoms with Crippen molar-refractivity contribution in [3.8, 4) is 11.3 Å². The zero-order valence-corrected chi connectivity index (χ0v) is 23.5. The Morgan fingerprint density at radius 2 is 1.93 bits per heavy atom. The summed E-state index contributed by atoms with van der Waals surface area (Å²) in [6.07, 6.45) is 7.36. The molecule has 0 saturated carbocycles. The van der Waals surface area contributed by atoms with Gasteiger partial charge >= 0.3 is 6.09 Å². The molecule has 0 saturated heterocycles. The number of nitrogens with zero attached hydrogens (tertiary/aromatic N) is 6. The normalized spacial score (nSPS) is 11.0. The van der Waals surface area contributed by atoms with Crippen LogP contribution in [0.5, 0.6) is 0 Å². The number of fused-ring (bicyclic) bond motifs is 1. The lowest BCUT2D eigenvalue weighted by Gasteiger charge is -2.11. The van der Waals surface area contributed by atoms with Crippen LogP contribution in [0.25, 0.3) is 16.9 Å². The number of amides is 2. The number of ether oxygens (including phenoxy) is 1. The molecule has 11 nitrogen and oxygen atoms in total. The van der Waals surface area contributed by atoms with Crippen molar-refractivity contribution >= 4 is 39.8 Å². The summed E-state index contributed by atoms with van der Waals surface area (Å²) in [5, 5.41) is 11.2. The van der Waals surface area contributed by atoms with E-state index >= 15 is 0 Å². The summed E-state index contributed by atoms with van der Waals surface area (Å²) in [4.78, 5) is 36.5.